The molecule has 0 fully saturated rings. The molecule has 0 saturated carbocycles. The van der Waals surface area contributed by atoms with Gasteiger partial charge in [-0.25, -0.2) is 4.79 Å². The molecule has 4 heterocycles. The Kier molecular flexibility index (Phi) is 4.02. The Morgan fingerprint density at radius 2 is 1.97 bits per heavy atom. The maximum Gasteiger partial charge on any atom is 0.341 e. The van der Waals surface area contributed by atoms with Crippen LogP contribution in [0.2, 0.25) is 0 Å². The van der Waals surface area contributed by atoms with Crippen molar-refractivity contribution in [1.29, 1.82) is 0 Å². The molecule has 5 rings (SSSR count). The molecule has 1 unspecified atom stereocenters. The number of aromatic carboxylic acids is 1. The first-order valence-electron chi connectivity index (χ1n) is 10.2. The van der Waals surface area contributed by atoms with Crippen LogP contribution in [0.15, 0.2) is 52.1 Å². The summed E-state index contributed by atoms with van der Waals surface area (Å²) in [5, 5.41) is 14.7. The smallest absolute Gasteiger partial charge is 0.341 e. The standard InChI is InChI=1S/C24H23N3O4/c1-24(2,3)21-8-16-15-6-5-13(14-10-25-26(4)11-14)7-20(15)31-22(16)18-9-19(28)17(23(29)30)12-27(18)21/h5-7,9-12,21H,8H2,1-4H3,(H,29,30). The molecule has 1 N–H and O–H groups in total. The molecule has 0 spiro atoms. The first-order valence-corrected chi connectivity index (χ1v) is 10.2. The number of aromatic nitrogens is 3. The molecule has 31 heavy (non-hydrogen) atoms. The van der Waals surface area contributed by atoms with Gasteiger partial charge in [0.2, 0.25) is 0 Å². The molecule has 4 aromatic rings. The second-order valence-electron chi connectivity index (χ2n) is 9.26. The lowest BCUT2D eigenvalue weighted by Gasteiger charge is -2.37. The maximum atomic E-state index is 12.5. The lowest BCUT2D eigenvalue weighted by molar-refractivity contribution is 0.0693. The molecule has 7 heteroatoms. The average Bonchev–Trinajstić information content (AvgIpc) is 3.29. The third-order valence-electron chi connectivity index (χ3n) is 6.11. The quantitative estimate of drug-likeness (QED) is 0.518. The molecule has 1 aliphatic heterocycles. The Morgan fingerprint density at radius 3 is 2.61 bits per heavy atom. The van der Waals surface area contributed by atoms with Crippen molar-refractivity contribution in [3.8, 4) is 22.6 Å². The van der Waals surface area contributed by atoms with Crippen molar-refractivity contribution >= 4 is 16.9 Å². The van der Waals surface area contributed by atoms with E-state index in [4.69, 9.17) is 4.42 Å². The molecule has 0 amide bonds. The van der Waals surface area contributed by atoms with E-state index in [1.165, 1.54) is 12.3 Å². The summed E-state index contributed by atoms with van der Waals surface area (Å²) in [6.07, 6.45) is 5.91. The van der Waals surface area contributed by atoms with E-state index in [-0.39, 0.29) is 17.0 Å². The minimum absolute atomic E-state index is 0.0208. The zero-order chi connectivity index (χ0) is 22.1. The highest BCUT2D eigenvalue weighted by Gasteiger charge is 2.36. The number of carboxylic acid groups (broad SMARTS) is 1. The van der Waals surface area contributed by atoms with Gasteiger partial charge in [-0.05, 0) is 23.5 Å². The first-order chi connectivity index (χ1) is 14.6. The molecule has 0 aliphatic carbocycles. The highest BCUT2D eigenvalue weighted by atomic mass is 16.4. The van der Waals surface area contributed by atoms with E-state index in [0.717, 1.165) is 27.7 Å². The summed E-state index contributed by atoms with van der Waals surface area (Å²) >= 11 is 0. The largest absolute Gasteiger partial charge is 0.477 e. The number of pyridine rings is 1. The number of aryl methyl sites for hydroxylation is 1. The Labute approximate surface area is 178 Å². The summed E-state index contributed by atoms with van der Waals surface area (Å²) < 4.78 is 9.92. The Bertz CT molecular complexity index is 1420. The Morgan fingerprint density at radius 1 is 1.19 bits per heavy atom. The van der Waals surface area contributed by atoms with Crippen molar-refractivity contribution in [2.45, 2.75) is 33.2 Å². The third-order valence-corrected chi connectivity index (χ3v) is 6.11. The molecule has 7 nitrogen and oxygen atoms in total. The Hall–Kier alpha value is -3.61. The summed E-state index contributed by atoms with van der Waals surface area (Å²) in [6, 6.07) is 7.47. The number of carboxylic acids is 1. The summed E-state index contributed by atoms with van der Waals surface area (Å²) in [6.45, 7) is 6.36. The van der Waals surface area contributed by atoms with Crippen LogP contribution < -0.4 is 5.43 Å². The molecule has 1 aromatic carbocycles. The lowest BCUT2D eigenvalue weighted by Crippen LogP contribution is -2.32. The second-order valence-corrected chi connectivity index (χ2v) is 9.26. The van der Waals surface area contributed by atoms with E-state index in [0.29, 0.717) is 17.9 Å². The van der Waals surface area contributed by atoms with E-state index in [1.54, 1.807) is 4.68 Å². The molecule has 0 saturated heterocycles. The van der Waals surface area contributed by atoms with Crippen molar-refractivity contribution in [3.05, 3.63) is 64.2 Å². The molecule has 1 aliphatic rings. The Balaban J connectivity index is 1.75. The van der Waals surface area contributed by atoms with E-state index < -0.39 is 11.4 Å². The van der Waals surface area contributed by atoms with Gasteiger partial charge < -0.3 is 14.1 Å². The van der Waals surface area contributed by atoms with Crippen LogP contribution in [0.25, 0.3) is 33.6 Å². The number of rotatable bonds is 2. The van der Waals surface area contributed by atoms with Crippen LogP contribution in [0, 0.1) is 5.41 Å². The number of nitrogens with zero attached hydrogens (tertiary/aromatic N) is 3. The fraction of sp³-hybridized carbons (Fsp3) is 0.292. The van der Waals surface area contributed by atoms with E-state index in [1.807, 2.05) is 30.1 Å². The van der Waals surface area contributed by atoms with Gasteiger partial charge in [0, 0.05) is 48.1 Å². The number of hydrogen-bond acceptors (Lipinski definition) is 4. The maximum absolute atomic E-state index is 12.5. The third kappa shape index (κ3) is 3.00. The topological polar surface area (TPSA) is 90.3 Å². The van der Waals surface area contributed by atoms with Gasteiger partial charge in [-0.3, -0.25) is 9.48 Å². The summed E-state index contributed by atoms with van der Waals surface area (Å²) in [4.78, 5) is 24.1. The molecule has 0 radical (unpaired) electrons. The second kappa shape index (κ2) is 6.44. The predicted octanol–water partition coefficient (Wildman–Crippen LogP) is 4.50. The summed E-state index contributed by atoms with van der Waals surface area (Å²) in [5.74, 6) is -0.586. The van der Waals surface area contributed by atoms with Gasteiger partial charge in [0.15, 0.2) is 11.2 Å². The fourth-order valence-electron chi connectivity index (χ4n) is 4.47. The van der Waals surface area contributed by atoms with Gasteiger partial charge in [-0.1, -0.05) is 32.9 Å². The van der Waals surface area contributed by atoms with Gasteiger partial charge in [-0.15, -0.1) is 0 Å². The van der Waals surface area contributed by atoms with Crippen LogP contribution in [0.1, 0.15) is 42.7 Å². The van der Waals surface area contributed by atoms with Crippen molar-refractivity contribution < 1.29 is 14.3 Å². The molecular formula is C24H23N3O4. The van der Waals surface area contributed by atoms with Gasteiger partial charge in [-0.2, -0.15) is 5.10 Å². The van der Waals surface area contributed by atoms with Gasteiger partial charge in [0.05, 0.1) is 11.9 Å². The summed E-state index contributed by atoms with van der Waals surface area (Å²) in [7, 11) is 1.88. The van der Waals surface area contributed by atoms with E-state index in [9.17, 15) is 14.7 Å². The van der Waals surface area contributed by atoms with E-state index in [2.05, 4.69) is 38.0 Å². The van der Waals surface area contributed by atoms with Crippen molar-refractivity contribution in [2.24, 2.45) is 12.5 Å². The van der Waals surface area contributed by atoms with E-state index >= 15 is 0 Å². The molecule has 1 atom stereocenters. The number of benzene rings is 1. The van der Waals surface area contributed by atoms with Crippen LogP contribution in [-0.2, 0) is 13.5 Å². The molecular weight excluding hydrogens is 394 g/mol. The van der Waals surface area contributed by atoms with Crippen molar-refractivity contribution in [3.63, 3.8) is 0 Å². The van der Waals surface area contributed by atoms with Crippen molar-refractivity contribution in [2.75, 3.05) is 0 Å². The highest BCUT2D eigenvalue weighted by Crippen LogP contribution is 2.46. The average molecular weight is 417 g/mol. The lowest BCUT2D eigenvalue weighted by atomic mass is 9.79. The first kappa shape index (κ1) is 19.4. The van der Waals surface area contributed by atoms with Gasteiger partial charge in [0.25, 0.3) is 0 Å². The number of fused-ring (bicyclic) bond motifs is 5. The normalized spacial score (nSPS) is 15.7. The minimum atomic E-state index is -1.22. The van der Waals surface area contributed by atoms with Gasteiger partial charge in [0.1, 0.15) is 11.1 Å². The van der Waals surface area contributed by atoms with Crippen molar-refractivity contribution in [1.82, 2.24) is 14.3 Å². The molecule has 3 aromatic heterocycles. The van der Waals surface area contributed by atoms with Crippen LogP contribution in [0.3, 0.4) is 0 Å². The summed E-state index contributed by atoms with van der Waals surface area (Å²) in [5.41, 5.74) is 3.50. The number of hydrogen-bond donors (Lipinski definition) is 1. The van der Waals surface area contributed by atoms with Gasteiger partial charge >= 0.3 is 5.97 Å². The van der Waals surface area contributed by atoms with Crippen LogP contribution in [-0.4, -0.2) is 25.4 Å². The van der Waals surface area contributed by atoms with Crippen LogP contribution in [0.4, 0.5) is 0 Å². The minimum Gasteiger partial charge on any atom is -0.477 e. The highest BCUT2D eigenvalue weighted by molar-refractivity contribution is 5.92. The monoisotopic (exact) mass is 417 g/mol. The molecule has 158 valence electrons. The fourth-order valence-corrected chi connectivity index (χ4v) is 4.47. The number of carbonyl (C=O) groups is 1. The zero-order valence-corrected chi connectivity index (χ0v) is 17.8. The zero-order valence-electron chi connectivity index (χ0n) is 17.8. The molecule has 0 bridgehead atoms. The van der Waals surface area contributed by atoms with Crippen LogP contribution in [0.5, 0.6) is 0 Å². The number of furan rings is 1. The van der Waals surface area contributed by atoms with Crippen LogP contribution >= 0.6 is 0 Å². The SMILES string of the molecule is Cn1cc(-c2ccc3c4c(oc3c2)-c2cc(=O)c(C(=O)O)cn2C(C(C)(C)C)C4)cn1. The predicted molar refractivity (Wildman–Crippen MR) is 117 cm³/mol.